The maximum atomic E-state index is 12.3. The largest absolute Gasteiger partial charge is 0.338 e. The molecule has 0 spiro atoms. The summed E-state index contributed by atoms with van der Waals surface area (Å²) in [4.78, 5) is 14.0. The number of carbonyl (C=O) groups is 1. The zero-order valence-electron chi connectivity index (χ0n) is 11.2. The van der Waals surface area contributed by atoms with Crippen LogP contribution in [0.3, 0.4) is 0 Å². The molecule has 2 nitrogen and oxygen atoms in total. The third kappa shape index (κ3) is 3.18. The summed E-state index contributed by atoms with van der Waals surface area (Å²) >= 11 is 12.0. The second-order valence-corrected chi connectivity index (χ2v) is 5.81. The summed E-state index contributed by atoms with van der Waals surface area (Å²) in [5.74, 6) is 0.315. The molecule has 0 radical (unpaired) electrons. The van der Waals surface area contributed by atoms with Crippen LogP contribution in [-0.4, -0.2) is 23.7 Å². The molecule has 4 heteroatoms. The maximum Gasteiger partial charge on any atom is 0.229 e. The lowest BCUT2D eigenvalue weighted by Gasteiger charge is -2.32. The van der Waals surface area contributed by atoms with Crippen molar-refractivity contribution in [3.05, 3.63) is 34.9 Å². The monoisotopic (exact) mass is 287 g/mol. The molecule has 1 unspecified atom stereocenters. The van der Waals surface area contributed by atoms with Crippen molar-refractivity contribution in [1.82, 2.24) is 4.90 Å². The van der Waals surface area contributed by atoms with Crippen molar-refractivity contribution < 1.29 is 4.79 Å². The Hall–Kier alpha value is -0.730. The van der Waals surface area contributed by atoms with E-state index in [1.165, 1.54) is 0 Å². The van der Waals surface area contributed by atoms with E-state index in [2.05, 4.69) is 0 Å². The van der Waals surface area contributed by atoms with Crippen molar-refractivity contribution >= 4 is 29.1 Å². The number of benzene rings is 1. The molecular formula is C14H19Cl2NO. The van der Waals surface area contributed by atoms with Gasteiger partial charge in [0.05, 0.1) is 11.5 Å². The lowest BCUT2D eigenvalue weighted by molar-refractivity contribution is -0.139. The predicted molar refractivity (Wildman–Crippen MR) is 77.1 cm³/mol. The van der Waals surface area contributed by atoms with Crippen molar-refractivity contribution in [2.75, 3.05) is 12.9 Å². The summed E-state index contributed by atoms with van der Waals surface area (Å²) in [5.41, 5.74) is 0.381. The predicted octanol–water partition coefficient (Wildman–Crippen LogP) is 4.12. The first kappa shape index (κ1) is 15.3. The fourth-order valence-corrected chi connectivity index (χ4v) is 2.14. The van der Waals surface area contributed by atoms with E-state index in [9.17, 15) is 4.79 Å². The second kappa shape index (κ2) is 5.94. The van der Waals surface area contributed by atoms with Gasteiger partial charge in [0.2, 0.25) is 5.91 Å². The first-order valence-corrected chi connectivity index (χ1v) is 6.80. The molecule has 0 heterocycles. The van der Waals surface area contributed by atoms with Crippen LogP contribution in [0.15, 0.2) is 24.3 Å². The Morgan fingerprint density at radius 1 is 1.39 bits per heavy atom. The number of hydrogen-bond donors (Lipinski definition) is 0. The molecule has 0 N–H and O–H groups in total. The topological polar surface area (TPSA) is 20.3 Å². The Morgan fingerprint density at radius 3 is 2.44 bits per heavy atom. The number of rotatable bonds is 4. The van der Waals surface area contributed by atoms with Crippen molar-refractivity contribution in [2.24, 2.45) is 5.41 Å². The molecule has 100 valence electrons. The minimum absolute atomic E-state index is 0.0184. The first-order chi connectivity index (χ1) is 8.31. The first-order valence-electron chi connectivity index (χ1n) is 5.89. The second-order valence-electron chi connectivity index (χ2n) is 5.13. The molecule has 1 aromatic rings. The smallest absolute Gasteiger partial charge is 0.229 e. The molecule has 18 heavy (non-hydrogen) atoms. The summed E-state index contributed by atoms with van der Waals surface area (Å²) in [6, 6.07) is 7.49. The van der Waals surface area contributed by atoms with E-state index in [0.29, 0.717) is 10.9 Å². The van der Waals surface area contributed by atoms with Gasteiger partial charge in [-0.2, -0.15) is 0 Å². The van der Waals surface area contributed by atoms with Crippen LogP contribution in [0.4, 0.5) is 0 Å². The van der Waals surface area contributed by atoms with Gasteiger partial charge >= 0.3 is 0 Å². The van der Waals surface area contributed by atoms with Crippen LogP contribution in [0.25, 0.3) is 0 Å². The van der Waals surface area contributed by atoms with E-state index >= 15 is 0 Å². The number of alkyl halides is 1. The number of nitrogens with zero attached hydrogens (tertiary/aromatic N) is 1. The van der Waals surface area contributed by atoms with Gasteiger partial charge in [-0.1, -0.05) is 29.8 Å². The molecule has 1 atom stereocenters. The summed E-state index contributed by atoms with van der Waals surface area (Å²) in [5, 5.41) is 0.674. The number of amides is 1. The Morgan fingerprint density at radius 2 is 1.94 bits per heavy atom. The Bertz CT molecular complexity index is 432. The third-order valence-electron chi connectivity index (χ3n) is 3.17. The SMILES string of the molecule is CC(c1ccccc1Cl)N(C)C(=O)C(C)(C)CCl. The van der Waals surface area contributed by atoms with Crippen LogP contribution in [0, 0.1) is 5.41 Å². The molecule has 0 fully saturated rings. The van der Waals surface area contributed by atoms with Gasteiger partial charge < -0.3 is 4.90 Å². The van der Waals surface area contributed by atoms with Gasteiger partial charge in [-0.3, -0.25) is 4.79 Å². The van der Waals surface area contributed by atoms with Crippen LogP contribution >= 0.6 is 23.2 Å². The standard InChI is InChI=1S/C14H19Cl2NO/c1-10(11-7-5-6-8-12(11)16)17(4)13(18)14(2,3)9-15/h5-8,10H,9H2,1-4H3. The minimum atomic E-state index is -0.564. The van der Waals surface area contributed by atoms with Crippen molar-refractivity contribution in [1.29, 1.82) is 0 Å². The zero-order valence-corrected chi connectivity index (χ0v) is 12.7. The van der Waals surface area contributed by atoms with Crippen LogP contribution in [0.5, 0.6) is 0 Å². The average molecular weight is 288 g/mol. The van der Waals surface area contributed by atoms with Crippen molar-refractivity contribution in [2.45, 2.75) is 26.8 Å². The van der Waals surface area contributed by atoms with Gasteiger partial charge in [-0.05, 0) is 32.4 Å². The molecular weight excluding hydrogens is 269 g/mol. The highest BCUT2D eigenvalue weighted by molar-refractivity contribution is 6.31. The maximum absolute atomic E-state index is 12.3. The summed E-state index contributed by atoms with van der Waals surface area (Å²) in [6.45, 7) is 5.65. The average Bonchev–Trinajstić information content (AvgIpc) is 2.36. The quantitative estimate of drug-likeness (QED) is 0.763. The van der Waals surface area contributed by atoms with Crippen molar-refractivity contribution in [3.8, 4) is 0 Å². The zero-order chi connectivity index (χ0) is 13.9. The van der Waals surface area contributed by atoms with E-state index in [1.807, 2.05) is 45.0 Å². The van der Waals surface area contributed by atoms with E-state index < -0.39 is 5.41 Å². The highest BCUT2D eigenvalue weighted by Gasteiger charge is 2.32. The lowest BCUT2D eigenvalue weighted by atomic mass is 9.93. The highest BCUT2D eigenvalue weighted by atomic mass is 35.5. The molecule has 0 aliphatic heterocycles. The van der Waals surface area contributed by atoms with Crippen LogP contribution in [-0.2, 0) is 4.79 Å². The van der Waals surface area contributed by atoms with Gasteiger partial charge in [-0.15, -0.1) is 11.6 Å². The van der Waals surface area contributed by atoms with Crippen LogP contribution < -0.4 is 0 Å². The lowest BCUT2D eigenvalue weighted by Crippen LogP contribution is -2.40. The van der Waals surface area contributed by atoms with Crippen molar-refractivity contribution in [3.63, 3.8) is 0 Å². The molecule has 0 aliphatic carbocycles. The number of halogens is 2. The molecule has 1 rings (SSSR count). The van der Waals surface area contributed by atoms with E-state index in [0.717, 1.165) is 5.56 Å². The Labute approximate surface area is 119 Å². The molecule has 1 amide bonds. The Balaban J connectivity index is 2.95. The molecule has 0 saturated carbocycles. The van der Waals surface area contributed by atoms with Crippen LogP contribution in [0.1, 0.15) is 32.4 Å². The third-order valence-corrected chi connectivity index (χ3v) is 4.18. The van der Waals surface area contributed by atoms with Gasteiger partial charge in [0, 0.05) is 18.0 Å². The van der Waals surface area contributed by atoms with Gasteiger partial charge in [-0.25, -0.2) is 0 Å². The fourth-order valence-electron chi connectivity index (χ4n) is 1.73. The normalized spacial score (nSPS) is 13.2. The molecule has 0 aromatic heterocycles. The molecule has 0 saturated heterocycles. The van der Waals surface area contributed by atoms with Crippen LogP contribution in [0.2, 0.25) is 5.02 Å². The van der Waals surface area contributed by atoms with Gasteiger partial charge in [0.15, 0.2) is 0 Å². The van der Waals surface area contributed by atoms with E-state index in [-0.39, 0.29) is 11.9 Å². The number of hydrogen-bond acceptors (Lipinski definition) is 1. The summed E-state index contributed by atoms with van der Waals surface area (Å²) < 4.78 is 0. The summed E-state index contributed by atoms with van der Waals surface area (Å²) in [6.07, 6.45) is 0. The molecule has 0 bridgehead atoms. The number of carbonyl (C=O) groups excluding carboxylic acids is 1. The van der Waals surface area contributed by atoms with E-state index in [1.54, 1.807) is 11.9 Å². The molecule has 1 aromatic carbocycles. The minimum Gasteiger partial charge on any atom is -0.338 e. The fraction of sp³-hybridized carbons (Fsp3) is 0.500. The van der Waals surface area contributed by atoms with Gasteiger partial charge in [0.1, 0.15) is 0 Å². The molecule has 0 aliphatic rings. The van der Waals surface area contributed by atoms with Gasteiger partial charge in [0.25, 0.3) is 0 Å². The summed E-state index contributed by atoms with van der Waals surface area (Å²) in [7, 11) is 1.78. The van der Waals surface area contributed by atoms with E-state index in [4.69, 9.17) is 23.2 Å². The Kier molecular flexibility index (Phi) is 5.06. The highest BCUT2D eigenvalue weighted by Crippen LogP contribution is 2.30.